The van der Waals surface area contributed by atoms with Crippen molar-refractivity contribution in [3.8, 4) is 0 Å². The average molecular weight is 573 g/mol. The number of aryl methyl sites for hydroxylation is 1. The highest BCUT2D eigenvalue weighted by atomic mass is 16.5. The number of anilines is 1. The molecule has 220 valence electrons. The number of nitrogens with zero attached hydrogens (tertiary/aromatic N) is 1. The van der Waals surface area contributed by atoms with E-state index in [2.05, 4.69) is 90.6 Å². The first-order valence-corrected chi connectivity index (χ1v) is 15.3. The second-order valence-corrected chi connectivity index (χ2v) is 12.3. The lowest BCUT2D eigenvalue weighted by Gasteiger charge is -2.39. The molecule has 0 unspecified atom stereocenters. The molecule has 2 aliphatic rings. The van der Waals surface area contributed by atoms with E-state index in [-0.39, 0.29) is 18.3 Å². The second kappa shape index (κ2) is 12.4. The summed E-state index contributed by atoms with van der Waals surface area (Å²) in [5, 5.41) is 3.47. The summed E-state index contributed by atoms with van der Waals surface area (Å²) in [6.07, 6.45) is 3.67. The van der Waals surface area contributed by atoms with Gasteiger partial charge in [-0.3, -0.25) is 4.79 Å². The van der Waals surface area contributed by atoms with Crippen molar-refractivity contribution in [1.29, 1.82) is 0 Å². The Morgan fingerprint density at radius 3 is 2.00 bits per heavy atom. The molecular formula is C37H41BN2O3. The number of fused-ring (bicyclic) bond motifs is 2. The number of benzene rings is 4. The van der Waals surface area contributed by atoms with Gasteiger partial charge in [-0.2, -0.15) is 0 Å². The summed E-state index contributed by atoms with van der Waals surface area (Å²) < 4.78 is 11.5. The number of carbonyl (C=O) groups excluding carboxylic acids is 1. The molecular weight excluding hydrogens is 531 g/mol. The zero-order valence-electron chi connectivity index (χ0n) is 25.8. The van der Waals surface area contributed by atoms with Crippen LogP contribution in [0.2, 0.25) is 0 Å². The summed E-state index contributed by atoms with van der Waals surface area (Å²) in [5.41, 5.74) is 12.1. The van der Waals surface area contributed by atoms with E-state index in [1.807, 2.05) is 18.2 Å². The largest absolute Gasteiger partial charge is 0.412 e. The number of para-hydroxylation sites is 1. The van der Waals surface area contributed by atoms with E-state index in [4.69, 9.17) is 9.47 Å². The highest BCUT2D eigenvalue weighted by molar-refractivity contribution is 6.78. The Morgan fingerprint density at radius 2 is 1.35 bits per heavy atom. The molecule has 0 atom stereocenters. The summed E-state index contributed by atoms with van der Waals surface area (Å²) in [5.74, 6) is -0.0235. The van der Waals surface area contributed by atoms with Crippen LogP contribution in [-0.4, -0.2) is 40.3 Å². The van der Waals surface area contributed by atoms with Gasteiger partial charge >= 0.3 is 6.98 Å². The normalized spacial score (nSPS) is 15.3. The lowest BCUT2D eigenvalue weighted by molar-refractivity contribution is 0.0167. The molecule has 6 rings (SSSR count). The van der Waals surface area contributed by atoms with E-state index < -0.39 is 0 Å². The number of hydrogen-bond acceptors (Lipinski definition) is 4. The van der Waals surface area contributed by atoms with Crippen molar-refractivity contribution in [1.82, 2.24) is 5.23 Å². The van der Waals surface area contributed by atoms with Crippen molar-refractivity contribution in [3.63, 3.8) is 0 Å². The molecule has 1 aliphatic heterocycles. The third-order valence-corrected chi connectivity index (χ3v) is 9.47. The molecule has 5 nitrogen and oxygen atoms in total. The summed E-state index contributed by atoms with van der Waals surface area (Å²) in [6, 6.07) is 29.3. The summed E-state index contributed by atoms with van der Waals surface area (Å²) in [6.45, 7) is 6.25. The van der Waals surface area contributed by atoms with Crippen LogP contribution < -0.4 is 15.5 Å². The predicted molar refractivity (Wildman–Crippen MR) is 175 cm³/mol. The van der Waals surface area contributed by atoms with Gasteiger partial charge in [-0.1, -0.05) is 72.8 Å². The van der Waals surface area contributed by atoms with Gasteiger partial charge in [0.05, 0.1) is 18.8 Å². The molecule has 1 heterocycles. The van der Waals surface area contributed by atoms with Gasteiger partial charge < -0.3 is 19.5 Å². The van der Waals surface area contributed by atoms with E-state index >= 15 is 0 Å². The molecule has 1 amide bonds. The van der Waals surface area contributed by atoms with Crippen LogP contribution in [0.5, 0.6) is 0 Å². The van der Waals surface area contributed by atoms with Crippen LogP contribution in [0, 0.1) is 19.3 Å². The van der Waals surface area contributed by atoms with Crippen LogP contribution in [0.1, 0.15) is 49.3 Å². The predicted octanol–water partition coefficient (Wildman–Crippen LogP) is 5.61. The van der Waals surface area contributed by atoms with Gasteiger partial charge in [0, 0.05) is 31.9 Å². The Morgan fingerprint density at radius 1 is 0.767 bits per heavy atom. The van der Waals surface area contributed by atoms with Gasteiger partial charge in [0.15, 0.2) is 0 Å². The number of ether oxygens (including phenoxy) is 2. The van der Waals surface area contributed by atoms with Crippen molar-refractivity contribution in [2.24, 2.45) is 5.41 Å². The smallest absolute Gasteiger partial charge is 0.387 e. The fourth-order valence-electron chi connectivity index (χ4n) is 7.50. The number of carbonyl (C=O) groups is 1. The quantitative estimate of drug-likeness (QED) is 0.251. The lowest BCUT2D eigenvalue weighted by Crippen LogP contribution is -2.64. The Hall–Kier alpha value is -3.87. The first-order chi connectivity index (χ1) is 20.9. The highest BCUT2D eigenvalue weighted by Gasteiger charge is 2.44. The number of amides is 1. The summed E-state index contributed by atoms with van der Waals surface area (Å²) >= 11 is 0. The van der Waals surface area contributed by atoms with Crippen LogP contribution in [-0.2, 0) is 41.7 Å². The maximum Gasteiger partial charge on any atom is 0.412 e. The number of rotatable bonds is 10. The Bertz CT molecular complexity index is 1600. The minimum Gasteiger partial charge on any atom is -0.387 e. The monoisotopic (exact) mass is 572 g/mol. The topological polar surface area (TPSA) is 50.8 Å². The molecule has 4 aromatic carbocycles. The van der Waals surface area contributed by atoms with E-state index in [0.29, 0.717) is 19.8 Å². The van der Waals surface area contributed by atoms with Crippen LogP contribution in [0.15, 0.2) is 84.9 Å². The zero-order valence-corrected chi connectivity index (χ0v) is 25.8. The minimum absolute atomic E-state index is 0.0235. The SMILES string of the molecule is COCC1(COC)Cc2c(C)c(CCc3ccccc3)c(B3NC(=O)c4ccccc4N3Cc3ccccc3)c(C)c2C1. The zero-order chi connectivity index (χ0) is 30.0. The van der Waals surface area contributed by atoms with Gasteiger partial charge in [-0.25, -0.2) is 0 Å². The van der Waals surface area contributed by atoms with Gasteiger partial charge in [0.1, 0.15) is 0 Å². The average Bonchev–Trinajstić information content (AvgIpc) is 3.41. The Labute approximate surface area is 256 Å². The standard InChI is InChI=1S/C37H41BN2O3/c1-26-30(20-19-28-13-7-5-8-14-28)35(27(2)33-22-37(24-42-3,25-43-4)21-32(26)33)38-39-36(41)31-17-11-12-18-34(31)40(38)23-29-15-9-6-10-16-29/h5-18H,19-25H2,1-4H3,(H,39,41). The van der Waals surface area contributed by atoms with Gasteiger partial charge in [-0.15, -0.1) is 0 Å². The van der Waals surface area contributed by atoms with Crippen LogP contribution in [0.4, 0.5) is 5.69 Å². The highest BCUT2D eigenvalue weighted by Crippen LogP contribution is 2.42. The molecule has 0 radical (unpaired) electrons. The molecule has 0 spiro atoms. The van der Waals surface area contributed by atoms with Crippen LogP contribution in [0.25, 0.3) is 0 Å². The number of nitrogens with one attached hydrogen (secondary N) is 1. The van der Waals surface area contributed by atoms with Gasteiger partial charge in [-0.05, 0) is 96.1 Å². The van der Waals surface area contributed by atoms with Gasteiger partial charge in [0.2, 0.25) is 5.91 Å². The van der Waals surface area contributed by atoms with E-state index in [1.54, 1.807) is 14.2 Å². The lowest BCUT2D eigenvalue weighted by atomic mass is 9.58. The van der Waals surface area contributed by atoms with E-state index in [0.717, 1.165) is 36.9 Å². The molecule has 1 aliphatic carbocycles. The summed E-state index contributed by atoms with van der Waals surface area (Å²) in [7, 11) is 3.57. The molecule has 0 saturated heterocycles. The molecule has 43 heavy (non-hydrogen) atoms. The molecule has 0 aromatic heterocycles. The third-order valence-electron chi connectivity index (χ3n) is 9.47. The first kappa shape index (κ1) is 29.2. The van der Waals surface area contributed by atoms with E-state index in [9.17, 15) is 4.79 Å². The Kier molecular flexibility index (Phi) is 8.42. The first-order valence-electron chi connectivity index (χ1n) is 15.3. The van der Waals surface area contributed by atoms with Crippen molar-refractivity contribution < 1.29 is 14.3 Å². The molecule has 0 saturated carbocycles. The molecule has 6 heteroatoms. The van der Waals surface area contributed by atoms with Crippen molar-refractivity contribution >= 4 is 24.0 Å². The maximum absolute atomic E-state index is 13.7. The molecule has 4 aromatic rings. The maximum atomic E-state index is 13.7. The molecule has 0 bridgehead atoms. The van der Waals surface area contributed by atoms with Crippen molar-refractivity contribution in [2.75, 3.05) is 32.2 Å². The number of hydrogen-bond donors (Lipinski definition) is 1. The fourth-order valence-corrected chi connectivity index (χ4v) is 7.50. The Balaban J connectivity index is 1.52. The van der Waals surface area contributed by atoms with E-state index in [1.165, 1.54) is 44.4 Å². The second-order valence-electron chi connectivity index (χ2n) is 12.3. The van der Waals surface area contributed by atoms with Crippen LogP contribution in [0.3, 0.4) is 0 Å². The van der Waals surface area contributed by atoms with Crippen molar-refractivity contribution in [2.45, 2.75) is 46.1 Å². The third kappa shape index (κ3) is 5.62. The summed E-state index contributed by atoms with van der Waals surface area (Å²) in [4.78, 5) is 16.1. The number of methoxy groups -OCH3 is 2. The van der Waals surface area contributed by atoms with Gasteiger partial charge in [0.25, 0.3) is 0 Å². The van der Waals surface area contributed by atoms with Crippen molar-refractivity contribution in [3.05, 3.63) is 129 Å². The fraction of sp³-hybridized carbons (Fsp3) is 0.324. The minimum atomic E-state index is -0.294. The molecule has 0 fully saturated rings. The van der Waals surface area contributed by atoms with Crippen LogP contribution >= 0.6 is 0 Å². The molecule has 1 N–H and O–H groups in total.